The second kappa shape index (κ2) is 9.60. The van der Waals surface area contributed by atoms with Crippen molar-refractivity contribution >= 4 is 17.7 Å². The molecule has 0 bridgehead atoms. The van der Waals surface area contributed by atoms with Crippen molar-refractivity contribution in [2.75, 3.05) is 0 Å². The molecule has 4 aliphatic rings. The minimum Gasteiger partial charge on any atom is -0.478 e. The molecule has 6 nitrogen and oxygen atoms in total. The van der Waals surface area contributed by atoms with Gasteiger partial charge in [-0.1, -0.05) is 53.2 Å². The van der Waals surface area contributed by atoms with Crippen LogP contribution in [0.5, 0.6) is 0 Å². The molecule has 2 N–H and O–H groups in total. The summed E-state index contributed by atoms with van der Waals surface area (Å²) in [6.45, 7) is 16.4. The third-order valence-electron chi connectivity index (χ3n) is 12.0. The highest BCUT2D eigenvalue weighted by molar-refractivity contribution is 5.99. The zero-order chi connectivity index (χ0) is 28.4. The Kier molecular flexibility index (Phi) is 7.34. The number of ketones is 1. The van der Waals surface area contributed by atoms with Crippen LogP contribution < -0.4 is 0 Å². The van der Waals surface area contributed by atoms with Gasteiger partial charge in [0.1, 0.15) is 6.10 Å². The topological polar surface area (TPSA) is 101 Å². The third kappa shape index (κ3) is 4.12. The number of hydrogen-bond donors (Lipinski definition) is 2. The van der Waals surface area contributed by atoms with E-state index in [1.54, 1.807) is 13.0 Å². The van der Waals surface area contributed by atoms with E-state index < -0.39 is 17.5 Å². The summed E-state index contributed by atoms with van der Waals surface area (Å²) in [6, 6.07) is 0. The Labute approximate surface area is 228 Å². The predicted octanol–water partition coefficient (Wildman–Crippen LogP) is 6.26. The van der Waals surface area contributed by atoms with Crippen molar-refractivity contribution in [3.05, 3.63) is 22.8 Å². The molecule has 0 aromatic rings. The van der Waals surface area contributed by atoms with E-state index in [0.717, 1.165) is 37.7 Å². The average Bonchev–Trinajstić information content (AvgIpc) is 3.03. The summed E-state index contributed by atoms with van der Waals surface area (Å²) in [7, 11) is 0. The smallest absolute Gasteiger partial charge is 0.330 e. The molecule has 0 aromatic heterocycles. The number of hydrogen-bond acceptors (Lipinski definition) is 5. The fourth-order valence-corrected chi connectivity index (χ4v) is 9.53. The maximum Gasteiger partial charge on any atom is 0.330 e. The molecule has 0 radical (unpaired) electrons. The quantitative estimate of drug-likeness (QED) is 0.311. The summed E-state index contributed by atoms with van der Waals surface area (Å²) in [5.41, 5.74) is 1.23. The lowest BCUT2D eigenvalue weighted by Gasteiger charge is -2.61. The summed E-state index contributed by atoms with van der Waals surface area (Å²) in [4.78, 5) is 37.1. The van der Waals surface area contributed by atoms with Gasteiger partial charge in [-0.2, -0.15) is 0 Å². The largest absolute Gasteiger partial charge is 0.478 e. The van der Waals surface area contributed by atoms with Crippen LogP contribution in [0.1, 0.15) is 107 Å². The molecule has 2 fully saturated rings. The first kappa shape index (κ1) is 29.0. The van der Waals surface area contributed by atoms with Crippen molar-refractivity contribution in [2.24, 2.45) is 39.4 Å². The number of carbonyl (C=O) groups is 3. The van der Waals surface area contributed by atoms with Crippen LogP contribution in [0.4, 0.5) is 0 Å². The Balaban J connectivity index is 1.69. The normalized spacial score (nSPS) is 41.2. The van der Waals surface area contributed by atoms with Crippen LogP contribution in [0, 0.1) is 39.4 Å². The molecule has 212 valence electrons. The number of fused-ring (bicyclic) bond motifs is 4. The van der Waals surface area contributed by atoms with Gasteiger partial charge >= 0.3 is 11.9 Å². The minimum absolute atomic E-state index is 0.0878. The molecular formula is C32H48O6. The molecule has 0 saturated heterocycles. The molecule has 8 atom stereocenters. The molecule has 0 spiro atoms. The number of esters is 1. The minimum atomic E-state index is -0.882. The number of Topliss-reactive ketones (excluding diaryl/α,β-unsaturated/α-hetero) is 1. The number of carboxylic acids is 1. The van der Waals surface area contributed by atoms with E-state index in [1.807, 2.05) is 0 Å². The Hall–Kier alpha value is -1.95. The summed E-state index contributed by atoms with van der Waals surface area (Å²) >= 11 is 0. The maximum absolute atomic E-state index is 14.1. The molecule has 6 heteroatoms. The zero-order valence-electron chi connectivity index (χ0n) is 24.6. The van der Waals surface area contributed by atoms with Gasteiger partial charge in [0.2, 0.25) is 0 Å². The van der Waals surface area contributed by atoms with E-state index in [1.165, 1.54) is 12.5 Å². The number of aliphatic hydroxyl groups is 1. The SMILES string of the molecule is CC(=O)OC1CCC2(C)C3=C(C(=O)CC2C1(C)C)C1(C)C(O)CC(C(C)CCC=C(C)C(=O)O)C1(C)CC3. The third-order valence-corrected chi connectivity index (χ3v) is 12.0. The molecule has 0 aliphatic heterocycles. The van der Waals surface area contributed by atoms with Gasteiger partial charge in [0.25, 0.3) is 0 Å². The van der Waals surface area contributed by atoms with Crippen molar-refractivity contribution in [3.8, 4) is 0 Å². The van der Waals surface area contributed by atoms with Crippen LogP contribution in [0.25, 0.3) is 0 Å². The van der Waals surface area contributed by atoms with Crippen molar-refractivity contribution < 1.29 is 29.3 Å². The number of aliphatic hydroxyl groups excluding tert-OH is 1. The molecule has 38 heavy (non-hydrogen) atoms. The molecule has 8 unspecified atom stereocenters. The van der Waals surface area contributed by atoms with Crippen molar-refractivity contribution in [2.45, 2.75) is 119 Å². The molecule has 0 aromatic carbocycles. The molecule has 0 amide bonds. The predicted molar refractivity (Wildman–Crippen MR) is 146 cm³/mol. The van der Waals surface area contributed by atoms with E-state index in [9.17, 15) is 24.6 Å². The highest BCUT2D eigenvalue weighted by atomic mass is 16.5. The number of aliphatic carboxylic acids is 1. The van der Waals surface area contributed by atoms with Gasteiger partial charge in [-0.05, 0) is 80.5 Å². The Morgan fingerprint density at radius 3 is 2.39 bits per heavy atom. The molecule has 4 rings (SSSR count). The van der Waals surface area contributed by atoms with Gasteiger partial charge < -0.3 is 14.9 Å². The summed E-state index contributed by atoms with van der Waals surface area (Å²) in [5, 5.41) is 20.9. The first-order chi connectivity index (χ1) is 17.5. The first-order valence-electron chi connectivity index (χ1n) is 14.5. The van der Waals surface area contributed by atoms with Gasteiger partial charge in [-0.25, -0.2) is 4.79 Å². The Bertz CT molecular complexity index is 1080. The highest BCUT2D eigenvalue weighted by Crippen LogP contribution is 2.72. The maximum atomic E-state index is 14.1. The number of ether oxygens (including phenoxy) is 1. The summed E-state index contributed by atoms with van der Waals surface area (Å²) in [5.74, 6) is -0.337. The first-order valence-corrected chi connectivity index (χ1v) is 14.5. The van der Waals surface area contributed by atoms with E-state index in [0.29, 0.717) is 30.8 Å². The fourth-order valence-electron chi connectivity index (χ4n) is 9.53. The van der Waals surface area contributed by atoms with Crippen LogP contribution in [0.3, 0.4) is 0 Å². The van der Waals surface area contributed by atoms with Gasteiger partial charge in [-0.3, -0.25) is 9.59 Å². The number of allylic oxidation sites excluding steroid dienone is 2. The number of rotatable bonds is 6. The van der Waals surface area contributed by atoms with Crippen LogP contribution in [0.2, 0.25) is 0 Å². The molecule has 4 aliphatic carbocycles. The number of carboxylic acid groups (broad SMARTS) is 1. The monoisotopic (exact) mass is 528 g/mol. The lowest BCUT2D eigenvalue weighted by Crippen LogP contribution is -2.58. The number of carbonyl (C=O) groups excluding carboxylic acids is 2. The van der Waals surface area contributed by atoms with Crippen molar-refractivity contribution in [3.63, 3.8) is 0 Å². The summed E-state index contributed by atoms with van der Waals surface area (Å²) < 4.78 is 5.75. The van der Waals surface area contributed by atoms with Crippen LogP contribution in [-0.4, -0.2) is 40.1 Å². The fraction of sp³-hybridized carbons (Fsp3) is 0.781. The van der Waals surface area contributed by atoms with E-state index in [-0.39, 0.29) is 45.9 Å². The molecule has 2 saturated carbocycles. The average molecular weight is 529 g/mol. The lowest BCUT2D eigenvalue weighted by atomic mass is 9.43. The van der Waals surface area contributed by atoms with E-state index in [4.69, 9.17) is 4.74 Å². The second-order valence-electron chi connectivity index (χ2n) is 14.1. The van der Waals surface area contributed by atoms with E-state index >= 15 is 0 Å². The van der Waals surface area contributed by atoms with Crippen LogP contribution in [-0.2, 0) is 19.1 Å². The molecule has 0 heterocycles. The van der Waals surface area contributed by atoms with Gasteiger partial charge in [0.05, 0.1) is 6.10 Å². The van der Waals surface area contributed by atoms with Gasteiger partial charge in [-0.15, -0.1) is 0 Å². The Morgan fingerprint density at radius 1 is 1.13 bits per heavy atom. The standard InChI is InChI=1S/C32H48O6/c1-18(10-9-11-19(2)28(36)37)22-16-25(35)32(8)27-21(12-15-31(22,32)7)30(6)14-13-26(38-20(3)33)29(4,5)24(30)17-23(27)34/h11,18,22,24-26,35H,9-10,12-17H2,1-8H3,(H,36,37). The Morgan fingerprint density at radius 2 is 1.79 bits per heavy atom. The van der Waals surface area contributed by atoms with Crippen LogP contribution >= 0.6 is 0 Å². The summed E-state index contributed by atoms with van der Waals surface area (Å²) in [6.07, 6.45) is 7.13. The van der Waals surface area contributed by atoms with Crippen LogP contribution in [0.15, 0.2) is 22.8 Å². The van der Waals surface area contributed by atoms with Gasteiger partial charge in [0.15, 0.2) is 5.78 Å². The van der Waals surface area contributed by atoms with Crippen molar-refractivity contribution in [1.29, 1.82) is 0 Å². The second-order valence-corrected chi connectivity index (χ2v) is 14.1. The van der Waals surface area contributed by atoms with Crippen molar-refractivity contribution in [1.82, 2.24) is 0 Å². The van der Waals surface area contributed by atoms with Gasteiger partial charge in [0, 0.05) is 35.3 Å². The molecular weight excluding hydrogens is 480 g/mol. The highest BCUT2D eigenvalue weighted by Gasteiger charge is 2.68. The van der Waals surface area contributed by atoms with E-state index in [2.05, 4.69) is 41.5 Å². The zero-order valence-corrected chi connectivity index (χ0v) is 24.6. The lowest BCUT2D eigenvalue weighted by molar-refractivity contribution is -0.168.